The molecule has 0 aliphatic carbocycles. The number of carbonyl (C=O) groups excluding carboxylic acids is 2. The molecule has 0 spiro atoms. The summed E-state index contributed by atoms with van der Waals surface area (Å²) in [5.74, 6) is -0.487. The van der Waals surface area contributed by atoms with Gasteiger partial charge in [0.05, 0.1) is 0 Å². The first-order chi connectivity index (χ1) is 11.4. The second-order valence-corrected chi connectivity index (χ2v) is 6.37. The van der Waals surface area contributed by atoms with Crippen molar-refractivity contribution in [3.63, 3.8) is 0 Å². The van der Waals surface area contributed by atoms with Crippen LogP contribution in [-0.2, 0) is 4.79 Å². The standard InChI is InChI=1S/C19H21ClN2O2/c1-13(2)17(19(24)22(3)16-7-5-4-6-8-16)21-18(23)14-9-11-15(20)12-10-14/h4-13,17H,1-3H3,(H,21,23). The van der Waals surface area contributed by atoms with Crippen molar-refractivity contribution in [2.24, 2.45) is 5.92 Å². The lowest BCUT2D eigenvalue weighted by molar-refractivity contribution is -0.121. The number of hydrogen-bond donors (Lipinski definition) is 1. The number of carbonyl (C=O) groups is 2. The molecule has 0 saturated carbocycles. The van der Waals surface area contributed by atoms with Crippen LogP contribution < -0.4 is 10.2 Å². The van der Waals surface area contributed by atoms with Crippen molar-refractivity contribution in [2.45, 2.75) is 19.9 Å². The second-order valence-electron chi connectivity index (χ2n) is 5.93. The molecule has 2 aromatic carbocycles. The molecule has 2 amide bonds. The topological polar surface area (TPSA) is 49.4 Å². The highest BCUT2D eigenvalue weighted by molar-refractivity contribution is 6.30. The first kappa shape index (κ1) is 18.0. The quantitative estimate of drug-likeness (QED) is 0.897. The average molecular weight is 345 g/mol. The van der Waals surface area contributed by atoms with Gasteiger partial charge in [0.2, 0.25) is 5.91 Å². The number of rotatable bonds is 5. The van der Waals surface area contributed by atoms with E-state index in [1.54, 1.807) is 36.2 Å². The van der Waals surface area contributed by atoms with Crippen molar-refractivity contribution in [1.82, 2.24) is 5.32 Å². The minimum Gasteiger partial charge on any atom is -0.340 e. The number of amides is 2. The molecule has 2 aromatic rings. The van der Waals surface area contributed by atoms with Gasteiger partial charge in [-0.25, -0.2) is 0 Å². The van der Waals surface area contributed by atoms with Crippen molar-refractivity contribution in [1.29, 1.82) is 0 Å². The highest BCUT2D eigenvalue weighted by Gasteiger charge is 2.27. The Bertz CT molecular complexity index is 699. The molecule has 0 bridgehead atoms. The number of likely N-dealkylation sites (N-methyl/N-ethyl adjacent to an activating group) is 1. The van der Waals surface area contributed by atoms with Crippen LogP contribution in [0.5, 0.6) is 0 Å². The third-order valence-corrected chi connectivity index (χ3v) is 4.05. The summed E-state index contributed by atoms with van der Waals surface area (Å²) in [7, 11) is 1.71. The molecule has 0 radical (unpaired) electrons. The third kappa shape index (κ3) is 4.36. The van der Waals surface area contributed by atoms with Crippen LogP contribution in [0.1, 0.15) is 24.2 Å². The summed E-state index contributed by atoms with van der Waals surface area (Å²) in [6.45, 7) is 3.81. The fourth-order valence-corrected chi connectivity index (χ4v) is 2.45. The van der Waals surface area contributed by atoms with E-state index in [1.165, 1.54) is 0 Å². The molecule has 1 unspecified atom stereocenters. The van der Waals surface area contributed by atoms with Crippen LogP contribution in [0, 0.1) is 5.92 Å². The van der Waals surface area contributed by atoms with Crippen molar-refractivity contribution in [3.8, 4) is 0 Å². The Morgan fingerprint density at radius 3 is 2.12 bits per heavy atom. The van der Waals surface area contributed by atoms with E-state index >= 15 is 0 Å². The first-order valence-corrected chi connectivity index (χ1v) is 8.17. The van der Waals surface area contributed by atoms with Crippen LogP contribution in [0.2, 0.25) is 5.02 Å². The van der Waals surface area contributed by atoms with Crippen molar-refractivity contribution < 1.29 is 9.59 Å². The van der Waals surface area contributed by atoms with E-state index in [9.17, 15) is 9.59 Å². The van der Waals surface area contributed by atoms with Crippen LogP contribution in [0.4, 0.5) is 5.69 Å². The highest BCUT2D eigenvalue weighted by Crippen LogP contribution is 2.16. The van der Waals surface area contributed by atoms with Gasteiger partial charge >= 0.3 is 0 Å². The van der Waals surface area contributed by atoms with Crippen LogP contribution in [0.25, 0.3) is 0 Å². The van der Waals surface area contributed by atoms with Crippen molar-refractivity contribution in [2.75, 3.05) is 11.9 Å². The van der Waals surface area contributed by atoms with Gasteiger partial charge < -0.3 is 10.2 Å². The van der Waals surface area contributed by atoms with Gasteiger partial charge in [0, 0.05) is 23.3 Å². The molecule has 0 saturated heterocycles. The predicted octanol–water partition coefficient (Wildman–Crippen LogP) is 3.76. The van der Waals surface area contributed by atoms with E-state index in [-0.39, 0.29) is 17.7 Å². The Morgan fingerprint density at radius 1 is 1.00 bits per heavy atom. The van der Waals surface area contributed by atoms with E-state index in [0.717, 1.165) is 5.69 Å². The lowest BCUT2D eigenvalue weighted by atomic mass is 10.0. The van der Waals surface area contributed by atoms with Gasteiger partial charge in [-0.2, -0.15) is 0 Å². The van der Waals surface area contributed by atoms with Gasteiger partial charge in [-0.3, -0.25) is 9.59 Å². The Hall–Kier alpha value is -2.33. The molecule has 0 heterocycles. The number of nitrogens with zero attached hydrogens (tertiary/aromatic N) is 1. The molecule has 1 atom stereocenters. The van der Waals surface area contributed by atoms with Gasteiger partial charge in [-0.1, -0.05) is 43.6 Å². The van der Waals surface area contributed by atoms with Gasteiger partial charge in [0.15, 0.2) is 0 Å². The molecule has 0 aliphatic rings. The molecule has 2 rings (SSSR count). The van der Waals surface area contributed by atoms with Crippen LogP contribution in [0.15, 0.2) is 54.6 Å². The number of hydrogen-bond acceptors (Lipinski definition) is 2. The number of anilines is 1. The monoisotopic (exact) mass is 344 g/mol. The van der Waals surface area contributed by atoms with Gasteiger partial charge in [0.25, 0.3) is 5.91 Å². The Morgan fingerprint density at radius 2 is 1.58 bits per heavy atom. The summed E-state index contributed by atoms with van der Waals surface area (Å²) >= 11 is 5.84. The van der Waals surface area contributed by atoms with Gasteiger partial charge in [0.1, 0.15) is 6.04 Å². The van der Waals surface area contributed by atoms with Crippen LogP contribution in [-0.4, -0.2) is 24.9 Å². The molecule has 1 N–H and O–H groups in total. The Kier molecular flexibility index (Phi) is 5.99. The second kappa shape index (κ2) is 7.97. The minimum absolute atomic E-state index is 0.0417. The lowest BCUT2D eigenvalue weighted by Crippen LogP contribution is -2.50. The largest absolute Gasteiger partial charge is 0.340 e. The predicted molar refractivity (Wildman–Crippen MR) is 97.4 cm³/mol. The molecule has 4 nitrogen and oxygen atoms in total. The summed E-state index contributed by atoms with van der Waals surface area (Å²) in [5, 5.41) is 3.39. The fourth-order valence-electron chi connectivity index (χ4n) is 2.33. The SMILES string of the molecule is CC(C)C(NC(=O)c1ccc(Cl)cc1)C(=O)N(C)c1ccccc1. The normalized spacial score (nSPS) is 11.9. The van der Waals surface area contributed by atoms with E-state index < -0.39 is 6.04 Å². The zero-order chi connectivity index (χ0) is 17.7. The molecule has 126 valence electrons. The first-order valence-electron chi connectivity index (χ1n) is 7.79. The Balaban J connectivity index is 2.15. The summed E-state index contributed by atoms with van der Waals surface area (Å²) in [6, 6.07) is 15.3. The maximum atomic E-state index is 12.8. The Labute approximate surface area is 147 Å². The number of benzene rings is 2. The van der Waals surface area contributed by atoms with E-state index in [2.05, 4.69) is 5.32 Å². The molecular weight excluding hydrogens is 324 g/mol. The molecular formula is C19H21ClN2O2. The summed E-state index contributed by atoms with van der Waals surface area (Å²) in [6.07, 6.45) is 0. The fraction of sp³-hybridized carbons (Fsp3) is 0.263. The smallest absolute Gasteiger partial charge is 0.251 e. The number of nitrogens with one attached hydrogen (secondary N) is 1. The molecule has 0 aromatic heterocycles. The number of para-hydroxylation sites is 1. The maximum Gasteiger partial charge on any atom is 0.251 e. The molecule has 24 heavy (non-hydrogen) atoms. The lowest BCUT2D eigenvalue weighted by Gasteiger charge is -2.27. The highest BCUT2D eigenvalue weighted by atomic mass is 35.5. The number of halogens is 1. The van der Waals surface area contributed by atoms with Crippen molar-refractivity contribution in [3.05, 3.63) is 65.2 Å². The molecule has 0 fully saturated rings. The van der Waals surface area contributed by atoms with Crippen LogP contribution >= 0.6 is 11.6 Å². The zero-order valence-electron chi connectivity index (χ0n) is 14.0. The maximum absolute atomic E-state index is 12.8. The van der Waals surface area contributed by atoms with Crippen LogP contribution in [0.3, 0.4) is 0 Å². The summed E-state index contributed by atoms with van der Waals surface area (Å²) in [5.41, 5.74) is 1.26. The summed E-state index contributed by atoms with van der Waals surface area (Å²) < 4.78 is 0. The van der Waals surface area contributed by atoms with E-state index in [0.29, 0.717) is 10.6 Å². The summed E-state index contributed by atoms with van der Waals surface area (Å²) in [4.78, 5) is 26.8. The molecule has 5 heteroatoms. The van der Waals surface area contributed by atoms with Gasteiger partial charge in [-0.05, 0) is 42.3 Å². The average Bonchev–Trinajstić information content (AvgIpc) is 2.59. The van der Waals surface area contributed by atoms with E-state index in [1.807, 2.05) is 44.2 Å². The van der Waals surface area contributed by atoms with Crippen molar-refractivity contribution >= 4 is 29.1 Å². The van der Waals surface area contributed by atoms with Gasteiger partial charge in [-0.15, -0.1) is 0 Å². The minimum atomic E-state index is -0.613. The molecule has 0 aliphatic heterocycles. The van der Waals surface area contributed by atoms with E-state index in [4.69, 9.17) is 11.6 Å². The third-order valence-electron chi connectivity index (χ3n) is 3.80. The zero-order valence-corrected chi connectivity index (χ0v) is 14.7.